The fourth-order valence-corrected chi connectivity index (χ4v) is 3.49. The summed E-state index contributed by atoms with van der Waals surface area (Å²) in [6.45, 7) is 0. The number of nitrogens with zero attached hydrogens (tertiary/aromatic N) is 1. The first-order valence-electron chi connectivity index (χ1n) is 6.95. The van der Waals surface area contributed by atoms with Crippen LogP contribution in [0.4, 0.5) is 5.69 Å². The van der Waals surface area contributed by atoms with Gasteiger partial charge in [0.2, 0.25) is 0 Å². The van der Waals surface area contributed by atoms with Crippen molar-refractivity contribution >= 4 is 33.3 Å². The third kappa shape index (κ3) is 3.82. The van der Waals surface area contributed by atoms with Crippen LogP contribution in [-0.2, 0) is 10.0 Å². The van der Waals surface area contributed by atoms with E-state index in [-0.39, 0.29) is 38.2 Å². The quantitative estimate of drug-likeness (QED) is 0.768. The van der Waals surface area contributed by atoms with Crippen LogP contribution in [-0.4, -0.2) is 33.7 Å². The minimum absolute atomic E-state index is 0.0370. The highest BCUT2D eigenvalue weighted by Gasteiger charge is 2.24. The lowest BCUT2D eigenvalue weighted by atomic mass is 10.1. The molecule has 0 radical (unpaired) electrons. The molecule has 0 saturated heterocycles. The zero-order valence-electron chi connectivity index (χ0n) is 13.6. The van der Waals surface area contributed by atoms with Crippen molar-refractivity contribution in [2.75, 3.05) is 18.9 Å². The molecule has 2 aromatic carbocycles. The number of hydrogen-bond donors (Lipinski definition) is 2. The predicted molar refractivity (Wildman–Crippen MR) is 93.5 cm³/mol. The molecule has 10 heteroatoms. The second kappa shape index (κ2) is 7.51. The van der Waals surface area contributed by atoms with Gasteiger partial charge in [0.15, 0.2) is 0 Å². The summed E-state index contributed by atoms with van der Waals surface area (Å²) in [5.41, 5.74) is -0.510. The number of sulfonamides is 1. The molecule has 0 atom stereocenters. The van der Waals surface area contributed by atoms with E-state index >= 15 is 0 Å². The Hall–Kier alpha value is -2.96. The lowest BCUT2D eigenvalue weighted by Crippen LogP contribution is -2.16. The van der Waals surface area contributed by atoms with E-state index in [0.717, 1.165) is 12.1 Å². The lowest BCUT2D eigenvalue weighted by Gasteiger charge is -2.16. The number of benzene rings is 2. The van der Waals surface area contributed by atoms with Crippen LogP contribution >= 0.6 is 11.6 Å². The zero-order chi connectivity index (χ0) is 19.5. The van der Waals surface area contributed by atoms with Gasteiger partial charge in [0.1, 0.15) is 23.3 Å². The highest BCUT2D eigenvalue weighted by molar-refractivity contribution is 7.92. The third-order valence-electron chi connectivity index (χ3n) is 3.37. The zero-order valence-corrected chi connectivity index (χ0v) is 15.2. The first-order chi connectivity index (χ1) is 12.2. The number of rotatable bonds is 6. The normalized spacial score (nSPS) is 10.7. The topological polar surface area (TPSA) is 126 Å². The van der Waals surface area contributed by atoms with Gasteiger partial charge in [-0.25, -0.2) is 13.2 Å². The van der Waals surface area contributed by atoms with Crippen molar-refractivity contribution in [3.05, 3.63) is 46.5 Å². The number of carboxylic acid groups (broad SMARTS) is 1. The fourth-order valence-electron chi connectivity index (χ4n) is 2.09. The summed E-state index contributed by atoms with van der Waals surface area (Å²) in [5, 5.41) is 18.2. The number of anilines is 1. The highest BCUT2D eigenvalue weighted by Crippen LogP contribution is 2.35. The molecule has 136 valence electrons. The van der Waals surface area contributed by atoms with Crippen LogP contribution in [0.1, 0.15) is 15.9 Å². The maximum absolute atomic E-state index is 12.6. The Morgan fingerprint density at radius 1 is 1.23 bits per heavy atom. The largest absolute Gasteiger partial charge is 0.497 e. The maximum Gasteiger partial charge on any atom is 0.338 e. The summed E-state index contributed by atoms with van der Waals surface area (Å²) in [7, 11) is -1.60. The Labute approximate surface area is 154 Å². The van der Waals surface area contributed by atoms with Gasteiger partial charge in [0, 0.05) is 6.07 Å². The van der Waals surface area contributed by atoms with Crippen LogP contribution in [0.3, 0.4) is 0 Å². The highest BCUT2D eigenvalue weighted by atomic mass is 35.5. The van der Waals surface area contributed by atoms with E-state index in [2.05, 4.69) is 4.72 Å². The van der Waals surface area contributed by atoms with E-state index in [1.54, 1.807) is 0 Å². The van der Waals surface area contributed by atoms with E-state index in [1.807, 2.05) is 6.07 Å². The van der Waals surface area contributed by atoms with Crippen molar-refractivity contribution in [3.8, 4) is 17.6 Å². The standard InChI is InChI=1S/C16H13ClN2O6S/c1-24-10-5-12(16(20)21)15(14(6-10)25-2)19-26(22,23)11-4-3-9(8-18)13(17)7-11/h3-7,19H,1-2H3,(H,20,21). The number of aromatic carboxylic acids is 1. The van der Waals surface area contributed by atoms with Crippen molar-refractivity contribution in [1.29, 1.82) is 5.26 Å². The molecule has 0 bridgehead atoms. The molecule has 8 nitrogen and oxygen atoms in total. The Morgan fingerprint density at radius 3 is 2.42 bits per heavy atom. The average molecular weight is 397 g/mol. The molecule has 0 amide bonds. The van der Waals surface area contributed by atoms with E-state index in [9.17, 15) is 18.3 Å². The number of ether oxygens (including phenoxy) is 2. The Balaban J connectivity index is 2.57. The smallest absolute Gasteiger partial charge is 0.338 e. The monoisotopic (exact) mass is 396 g/mol. The summed E-state index contributed by atoms with van der Waals surface area (Å²) < 4.78 is 37.5. The summed E-state index contributed by atoms with van der Waals surface area (Å²) in [6.07, 6.45) is 0. The van der Waals surface area contributed by atoms with E-state index in [1.165, 1.54) is 32.4 Å². The molecule has 0 aromatic heterocycles. The molecular weight excluding hydrogens is 384 g/mol. The van der Waals surface area contributed by atoms with Crippen LogP contribution in [0.2, 0.25) is 5.02 Å². The van der Waals surface area contributed by atoms with Crippen molar-refractivity contribution in [2.24, 2.45) is 0 Å². The molecule has 0 unspecified atom stereocenters. The number of halogens is 1. The Bertz CT molecular complexity index is 1010. The van der Waals surface area contributed by atoms with Crippen molar-refractivity contribution in [2.45, 2.75) is 4.90 Å². The number of carbonyl (C=O) groups is 1. The second-order valence-corrected chi connectivity index (χ2v) is 7.01. The molecule has 0 aliphatic carbocycles. The predicted octanol–water partition coefficient (Wildman–Crippen LogP) is 2.73. The number of methoxy groups -OCH3 is 2. The first kappa shape index (κ1) is 19.4. The molecule has 0 aliphatic heterocycles. The second-order valence-electron chi connectivity index (χ2n) is 4.92. The maximum atomic E-state index is 12.6. The third-order valence-corrected chi connectivity index (χ3v) is 5.03. The summed E-state index contributed by atoms with van der Waals surface area (Å²) in [6, 6.07) is 7.85. The number of nitriles is 1. The summed E-state index contributed by atoms with van der Waals surface area (Å²) in [5.74, 6) is -1.23. The van der Waals surface area contributed by atoms with E-state index in [0.29, 0.717) is 0 Å². The number of carboxylic acids is 1. The van der Waals surface area contributed by atoms with Crippen LogP contribution in [0.15, 0.2) is 35.2 Å². The van der Waals surface area contributed by atoms with Gasteiger partial charge in [-0.3, -0.25) is 4.72 Å². The molecular formula is C16H13ClN2O6S. The van der Waals surface area contributed by atoms with Gasteiger partial charge < -0.3 is 14.6 Å². The van der Waals surface area contributed by atoms with E-state index < -0.39 is 16.0 Å². The van der Waals surface area contributed by atoms with Gasteiger partial charge in [-0.15, -0.1) is 0 Å². The Kier molecular flexibility index (Phi) is 5.59. The van der Waals surface area contributed by atoms with Crippen molar-refractivity contribution in [3.63, 3.8) is 0 Å². The van der Waals surface area contributed by atoms with Crippen molar-refractivity contribution in [1.82, 2.24) is 0 Å². The van der Waals surface area contributed by atoms with Crippen LogP contribution in [0.5, 0.6) is 11.5 Å². The van der Waals surface area contributed by atoms with Gasteiger partial charge in [-0.05, 0) is 24.3 Å². The van der Waals surface area contributed by atoms with Crippen molar-refractivity contribution < 1.29 is 27.8 Å². The number of hydrogen-bond acceptors (Lipinski definition) is 6. The minimum Gasteiger partial charge on any atom is -0.497 e. The SMILES string of the molecule is COc1cc(OC)c(NS(=O)(=O)c2ccc(C#N)c(Cl)c2)c(C(=O)O)c1. The van der Waals surface area contributed by atoms with Gasteiger partial charge in [-0.1, -0.05) is 11.6 Å². The molecule has 0 fully saturated rings. The van der Waals surface area contributed by atoms with Gasteiger partial charge in [0.05, 0.1) is 35.3 Å². The van der Waals surface area contributed by atoms with Crippen LogP contribution in [0.25, 0.3) is 0 Å². The number of nitrogens with one attached hydrogen (secondary N) is 1. The molecule has 0 spiro atoms. The van der Waals surface area contributed by atoms with Gasteiger partial charge in [0.25, 0.3) is 10.0 Å². The minimum atomic E-state index is -4.20. The summed E-state index contributed by atoms with van der Waals surface area (Å²) >= 11 is 5.87. The summed E-state index contributed by atoms with van der Waals surface area (Å²) in [4.78, 5) is 11.3. The van der Waals surface area contributed by atoms with Crippen LogP contribution < -0.4 is 14.2 Å². The average Bonchev–Trinajstić information content (AvgIpc) is 2.61. The molecule has 2 N–H and O–H groups in total. The van der Waals surface area contributed by atoms with E-state index in [4.69, 9.17) is 26.3 Å². The molecule has 2 aromatic rings. The lowest BCUT2D eigenvalue weighted by molar-refractivity contribution is 0.0697. The molecule has 2 rings (SSSR count). The molecule has 0 heterocycles. The Morgan fingerprint density at radius 2 is 1.92 bits per heavy atom. The molecule has 26 heavy (non-hydrogen) atoms. The fraction of sp³-hybridized carbons (Fsp3) is 0.125. The van der Waals surface area contributed by atoms with Gasteiger partial charge in [-0.2, -0.15) is 5.26 Å². The van der Waals surface area contributed by atoms with Crippen LogP contribution in [0, 0.1) is 11.3 Å². The van der Waals surface area contributed by atoms with Gasteiger partial charge >= 0.3 is 5.97 Å². The first-order valence-corrected chi connectivity index (χ1v) is 8.81. The molecule has 0 aliphatic rings. The molecule has 0 saturated carbocycles.